The van der Waals surface area contributed by atoms with Gasteiger partial charge in [0.25, 0.3) is 0 Å². The number of aromatic nitrogens is 1. The Morgan fingerprint density at radius 2 is 1.92 bits per heavy atom. The fourth-order valence-electron chi connectivity index (χ4n) is 2.00. The number of ether oxygens (including phenoxy) is 1. The Kier molecular flexibility index (Phi) is 5.08. The third-order valence-electron chi connectivity index (χ3n) is 3.23. The van der Waals surface area contributed by atoms with E-state index in [0.717, 1.165) is 9.88 Å². The highest BCUT2D eigenvalue weighted by molar-refractivity contribution is 7.20. The number of benzene rings is 1. The topological polar surface area (TPSA) is 56.3 Å². The lowest BCUT2D eigenvalue weighted by atomic mass is 10.1. The second-order valence-corrected chi connectivity index (χ2v) is 7.18. The number of thiazole rings is 1. The molecule has 0 spiro atoms. The van der Waals surface area contributed by atoms with E-state index in [1.807, 2.05) is 17.5 Å². The van der Waals surface area contributed by atoms with Crippen LogP contribution in [0.15, 0.2) is 47.2 Å². The molecule has 7 heteroatoms. The average molecular weight is 378 g/mol. The number of hydrogen-bond donors (Lipinski definition) is 0. The van der Waals surface area contributed by atoms with Crippen LogP contribution < -0.4 is 0 Å². The van der Waals surface area contributed by atoms with Gasteiger partial charge in [0.1, 0.15) is 5.01 Å². The van der Waals surface area contributed by atoms with E-state index in [9.17, 15) is 9.59 Å². The van der Waals surface area contributed by atoms with Gasteiger partial charge in [0.2, 0.25) is 5.78 Å². The van der Waals surface area contributed by atoms with Crippen molar-refractivity contribution in [2.24, 2.45) is 0 Å². The molecule has 2 aromatic heterocycles. The maximum atomic E-state index is 12.3. The van der Waals surface area contributed by atoms with Gasteiger partial charge in [-0.2, -0.15) is 0 Å². The highest BCUT2D eigenvalue weighted by Crippen LogP contribution is 2.28. The summed E-state index contributed by atoms with van der Waals surface area (Å²) in [6.07, 6.45) is -0.898. The number of hydrogen-bond acceptors (Lipinski definition) is 6. The number of rotatable bonds is 5. The predicted octanol–water partition coefficient (Wildman–Crippen LogP) is 4.95. The molecule has 0 bridgehead atoms. The van der Waals surface area contributed by atoms with Crippen LogP contribution in [0.3, 0.4) is 0 Å². The lowest BCUT2D eigenvalue weighted by molar-refractivity contribution is 0.0314. The molecule has 1 aromatic carbocycles. The number of carbonyl (C=O) groups is 2. The minimum absolute atomic E-state index is 0.208. The Labute approximate surface area is 151 Å². The molecule has 122 valence electrons. The average Bonchev–Trinajstić information content (AvgIpc) is 3.26. The van der Waals surface area contributed by atoms with Gasteiger partial charge in [-0.15, -0.1) is 22.7 Å². The number of halogens is 1. The molecule has 0 amide bonds. The fourth-order valence-corrected chi connectivity index (χ4v) is 3.73. The quantitative estimate of drug-likeness (QED) is 0.466. The van der Waals surface area contributed by atoms with Crippen LogP contribution in [-0.2, 0) is 4.74 Å². The predicted molar refractivity (Wildman–Crippen MR) is 96.1 cm³/mol. The van der Waals surface area contributed by atoms with Crippen LogP contribution in [0, 0.1) is 0 Å². The zero-order valence-electron chi connectivity index (χ0n) is 12.6. The Hall–Kier alpha value is -2.02. The molecule has 24 heavy (non-hydrogen) atoms. The molecule has 0 N–H and O–H groups in total. The molecule has 0 aliphatic rings. The normalized spacial score (nSPS) is 11.9. The van der Waals surface area contributed by atoms with E-state index in [1.165, 1.54) is 11.3 Å². The van der Waals surface area contributed by atoms with Gasteiger partial charge in [-0.25, -0.2) is 9.78 Å². The van der Waals surface area contributed by atoms with Crippen molar-refractivity contribution in [1.29, 1.82) is 0 Å². The third kappa shape index (κ3) is 3.72. The second-order valence-electron chi connectivity index (χ2n) is 4.93. The van der Waals surface area contributed by atoms with Gasteiger partial charge in [-0.05, 0) is 42.6 Å². The summed E-state index contributed by atoms with van der Waals surface area (Å²) >= 11 is 8.72. The number of nitrogens with zero attached hydrogens (tertiary/aromatic N) is 1. The molecule has 3 rings (SSSR count). The van der Waals surface area contributed by atoms with Crippen molar-refractivity contribution in [3.63, 3.8) is 0 Å². The number of thiophene rings is 1. The molecule has 0 aliphatic heterocycles. The van der Waals surface area contributed by atoms with Gasteiger partial charge in [-0.3, -0.25) is 4.79 Å². The highest BCUT2D eigenvalue weighted by Gasteiger charge is 2.22. The molecular weight excluding hydrogens is 366 g/mol. The number of esters is 1. The van der Waals surface area contributed by atoms with E-state index in [-0.39, 0.29) is 11.5 Å². The molecule has 3 aromatic rings. The zero-order valence-corrected chi connectivity index (χ0v) is 15.0. The molecule has 0 radical (unpaired) electrons. The third-order valence-corrected chi connectivity index (χ3v) is 5.36. The number of Topliss-reactive ketones (excluding diaryl/α,β-unsaturated/α-hetero) is 1. The van der Waals surface area contributed by atoms with Crippen molar-refractivity contribution in [1.82, 2.24) is 4.98 Å². The molecular formula is C17H12ClNO3S2. The first-order chi connectivity index (χ1) is 11.5. The summed E-state index contributed by atoms with van der Waals surface area (Å²) in [4.78, 5) is 29.7. The monoisotopic (exact) mass is 377 g/mol. The maximum Gasteiger partial charge on any atom is 0.358 e. The van der Waals surface area contributed by atoms with Crippen molar-refractivity contribution in [2.45, 2.75) is 13.0 Å². The second kappa shape index (κ2) is 7.25. The summed E-state index contributed by atoms with van der Waals surface area (Å²) in [5.74, 6) is -0.891. The summed E-state index contributed by atoms with van der Waals surface area (Å²) in [7, 11) is 0. The molecule has 0 saturated heterocycles. The van der Waals surface area contributed by atoms with Crippen molar-refractivity contribution in [3.8, 4) is 9.88 Å². The largest absolute Gasteiger partial charge is 0.450 e. The van der Waals surface area contributed by atoms with E-state index >= 15 is 0 Å². The Bertz CT molecular complexity index is 856. The standard InChI is InChI=1S/C17H12ClNO3S2/c1-10(15(20)11-4-6-12(18)7-5-11)22-17(21)13-9-24-16(19-13)14-3-2-8-23-14/h2-10H,1H3/t10-/m0/s1. The van der Waals surface area contributed by atoms with Crippen LogP contribution in [0.25, 0.3) is 9.88 Å². The lowest BCUT2D eigenvalue weighted by Gasteiger charge is -2.11. The molecule has 1 atom stereocenters. The maximum absolute atomic E-state index is 12.3. The van der Waals surface area contributed by atoms with E-state index in [1.54, 1.807) is 47.9 Å². The van der Waals surface area contributed by atoms with E-state index < -0.39 is 12.1 Å². The van der Waals surface area contributed by atoms with Crippen LogP contribution in [0.2, 0.25) is 5.02 Å². The van der Waals surface area contributed by atoms with E-state index in [0.29, 0.717) is 10.6 Å². The summed E-state index contributed by atoms with van der Waals surface area (Å²) in [6.45, 7) is 1.54. The van der Waals surface area contributed by atoms with Crippen LogP contribution in [-0.4, -0.2) is 22.8 Å². The molecule has 0 unspecified atom stereocenters. The SMILES string of the molecule is C[C@H](OC(=O)c1csc(-c2cccs2)n1)C(=O)c1ccc(Cl)cc1. The summed E-state index contributed by atoms with van der Waals surface area (Å²) in [5.41, 5.74) is 0.649. The molecule has 0 fully saturated rings. The Morgan fingerprint density at radius 1 is 1.17 bits per heavy atom. The van der Waals surface area contributed by atoms with Crippen molar-refractivity contribution in [3.05, 3.63) is 63.4 Å². The van der Waals surface area contributed by atoms with Crippen molar-refractivity contribution in [2.75, 3.05) is 0 Å². The van der Waals surface area contributed by atoms with Crippen molar-refractivity contribution >= 4 is 46.0 Å². The molecule has 0 saturated carbocycles. The van der Waals surface area contributed by atoms with Crippen LogP contribution in [0.4, 0.5) is 0 Å². The van der Waals surface area contributed by atoms with E-state index in [2.05, 4.69) is 4.98 Å². The number of carbonyl (C=O) groups excluding carboxylic acids is 2. The van der Waals surface area contributed by atoms with Gasteiger partial charge in [0, 0.05) is 16.0 Å². The highest BCUT2D eigenvalue weighted by atomic mass is 35.5. The van der Waals surface area contributed by atoms with Gasteiger partial charge < -0.3 is 4.74 Å². The van der Waals surface area contributed by atoms with Crippen LogP contribution in [0.1, 0.15) is 27.8 Å². The van der Waals surface area contributed by atoms with Gasteiger partial charge in [0.15, 0.2) is 11.8 Å². The molecule has 0 aliphatic carbocycles. The Morgan fingerprint density at radius 3 is 2.58 bits per heavy atom. The zero-order chi connectivity index (χ0) is 17.1. The first-order valence-electron chi connectivity index (χ1n) is 7.05. The van der Waals surface area contributed by atoms with Gasteiger partial charge >= 0.3 is 5.97 Å². The summed E-state index contributed by atoms with van der Waals surface area (Å²) in [6, 6.07) is 10.3. The number of ketones is 1. The smallest absolute Gasteiger partial charge is 0.358 e. The molecule has 2 heterocycles. The van der Waals surface area contributed by atoms with Crippen LogP contribution in [0.5, 0.6) is 0 Å². The first kappa shape index (κ1) is 16.8. The molecule has 4 nitrogen and oxygen atoms in total. The minimum atomic E-state index is -0.898. The van der Waals surface area contributed by atoms with Gasteiger partial charge in [-0.1, -0.05) is 17.7 Å². The first-order valence-corrected chi connectivity index (χ1v) is 9.18. The lowest BCUT2D eigenvalue weighted by Crippen LogP contribution is -2.24. The Balaban J connectivity index is 1.68. The van der Waals surface area contributed by atoms with Crippen molar-refractivity contribution < 1.29 is 14.3 Å². The van der Waals surface area contributed by atoms with Crippen LogP contribution >= 0.6 is 34.3 Å². The fraction of sp³-hybridized carbons (Fsp3) is 0.118. The minimum Gasteiger partial charge on any atom is -0.450 e. The summed E-state index contributed by atoms with van der Waals surface area (Å²) in [5, 5.41) is 4.88. The van der Waals surface area contributed by atoms with Gasteiger partial charge in [0.05, 0.1) is 4.88 Å². The summed E-state index contributed by atoms with van der Waals surface area (Å²) < 4.78 is 5.24. The van der Waals surface area contributed by atoms with E-state index in [4.69, 9.17) is 16.3 Å².